The van der Waals surface area contributed by atoms with E-state index in [2.05, 4.69) is 26.3 Å². The number of nitrogens with one attached hydrogen (secondary N) is 2. The van der Waals surface area contributed by atoms with E-state index in [0.717, 1.165) is 34.6 Å². The van der Waals surface area contributed by atoms with Gasteiger partial charge in [-0.25, -0.2) is 13.1 Å². The number of rotatable bonds is 13. The molecule has 3 aromatic carbocycles. The lowest BCUT2D eigenvalue weighted by Gasteiger charge is -2.17. The van der Waals surface area contributed by atoms with Gasteiger partial charge in [-0.15, -0.1) is 0 Å². The van der Waals surface area contributed by atoms with Crippen molar-refractivity contribution in [3.63, 3.8) is 0 Å². The smallest absolute Gasteiger partial charge is 0.305 e. The monoisotopic (exact) mass is 680 g/mol. The average Bonchev–Trinajstić information content (AvgIpc) is 3.36. The van der Waals surface area contributed by atoms with Crippen LogP contribution in [0.25, 0.3) is 11.1 Å². The Hall–Kier alpha value is -4.29. The molecule has 44 heavy (non-hydrogen) atoms. The van der Waals surface area contributed by atoms with Crippen LogP contribution in [0.4, 0.5) is 0 Å². The number of carbonyl (C=O) groups is 3. The van der Waals surface area contributed by atoms with Gasteiger partial charge in [0, 0.05) is 28.7 Å². The highest BCUT2D eigenvalue weighted by molar-refractivity contribution is 9.10. The maximum absolute atomic E-state index is 13.2. The van der Waals surface area contributed by atoms with Crippen molar-refractivity contribution < 1.29 is 27.9 Å². The van der Waals surface area contributed by atoms with E-state index in [9.17, 15) is 27.9 Å². The van der Waals surface area contributed by atoms with Crippen LogP contribution in [0.1, 0.15) is 54.0 Å². The van der Waals surface area contributed by atoms with Gasteiger partial charge in [0.2, 0.25) is 5.91 Å². The van der Waals surface area contributed by atoms with Gasteiger partial charge < -0.3 is 10.4 Å². The van der Waals surface area contributed by atoms with Gasteiger partial charge >= 0.3 is 5.97 Å². The highest BCUT2D eigenvalue weighted by atomic mass is 79.9. The maximum Gasteiger partial charge on any atom is 0.305 e. The molecule has 3 N–H and O–H groups in total. The second kappa shape index (κ2) is 14.5. The second-order valence-electron chi connectivity index (χ2n) is 10.3. The molecule has 0 fully saturated rings. The van der Waals surface area contributed by atoms with Gasteiger partial charge in [0.05, 0.1) is 17.9 Å². The largest absolute Gasteiger partial charge is 0.481 e. The molecule has 0 spiro atoms. The minimum atomic E-state index is -4.04. The van der Waals surface area contributed by atoms with Crippen LogP contribution in [0.2, 0.25) is 0 Å². The summed E-state index contributed by atoms with van der Waals surface area (Å²) >= 11 is 3.48. The first-order valence-corrected chi connectivity index (χ1v) is 16.3. The highest BCUT2D eigenvalue weighted by Gasteiger charge is 2.22. The van der Waals surface area contributed by atoms with E-state index in [-0.39, 0.29) is 17.0 Å². The summed E-state index contributed by atoms with van der Waals surface area (Å²) < 4.78 is 30.0. The number of aliphatic carboxylic acids is 1. The number of carboxylic acid groups (broad SMARTS) is 1. The molecule has 1 atom stereocenters. The summed E-state index contributed by atoms with van der Waals surface area (Å²) in [5.74, 6) is -2.14. The van der Waals surface area contributed by atoms with E-state index >= 15 is 0 Å². The minimum absolute atomic E-state index is 0.00302. The lowest BCUT2D eigenvalue weighted by atomic mass is 10.0. The van der Waals surface area contributed by atoms with E-state index in [4.69, 9.17) is 0 Å². The van der Waals surface area contributed by atoms with Gasteiger partial charge in [0.15, 0.2) is 0 Å². The molecule has 230 valence electrons. The maximum atomic E-state index is 13.2. The third kappa shape index (κ3) is 8.42. The third-order valence-electron chi connectivity index (χ3n) is 6.83. The molecule has 0 saturated heterocycles. The first-order chi connectivity index (χ1) is 21.0. The molecule has 0 radical (unpaired) electrons. The summed E-state index contributed by atoms with van der Waals surface area (Å²) in [6.45, 7) is 3.54. The number of amides is 2. The van der Waals surface area contributed by atoms with Crippen molar-refractivity contribution in [2.45, 2.75) is 57.0 Å². The van der Waals surface area contributed by atoms with Crippen LogP contribution >= 0.6 is 15.9 Å². The molecular formula is C32H33BrN4O6S. The molecule has 0 aliphatic heterocycles. The number of benzene rings is 3. The predicted octanol–water partition coefficient (Wildman–Crippen LogP) is 4.95. The summed E-state index contributed by atoms with van der Waals surface area (Å²) in [5, 5.41) is 16.9. The summed E-state index contributed by atoms with van der Waals surface area (Å²) in [6, 6.07) is 22.3. The summed E-state index contributed by atoms with van der Waals surface area (Å²) in [4.78, 5) is 36.2. The molecule has 12 heteroatoms. The Kier molecular flexibility index (Phi) is 10.7. The highest BCUT2D eigenvalue weighted by Crippen LogP contribution is 2.28. The zero-order chi connectivity index (χ0) is 31.9. The molecule has 0 bridgehead atoms. The van der Waals surface area contributed by atoms with Crippen LogP contribution in [-0.2, 0) is 39.0 Å². The van der Waals surface area contributed by atoms with Crippen LogP contribution in [0.15, 0.2) is 88.2 Å². The Bertz CT molecular complexity index is 1770. The number of hydrogen-bond donors (Lipinski definition) is 3. The lowest BCUT2D eigenvalue weighted by molar-refractivity contribution is -0.137. The Labute approximate surface area is 264 Å². The Morgan fingerprint density at radius 3 is 2.34 bits per heavy atom. The lowest BCUT2D eigenvalue weighted by Crippen LogP contribution is -2.38. The molecule has 4 rings (SSSR count). The van der Waals surface area contributed by atoms with Gasteiger partial charge in [0.1, 0.15) is 5.69 Å². The zero-order valence-corrected chi connectivity index (χ0v) is 26.7. The summed E-state index contributed by atoms with van der Waals surface area (Å²) in [5.41, 5.74) is 3.92. The molecule has 0 aliphatic carbocycles. The zero-order valence-electron chi connectivity index (χ0n) is 24.3. The topological polar surface area (TPSA) is 147 Å². The van der Waals surface area contributed by atoms with E-state index < -0.39 is 33.8 Å². The number of aryl methyl sites for hydroxylation is 1. The van der Waals surface area contributed by atoms with E-state index in [1.165, 1.54) is 6.07 Å². The number of hydrogen-bond acceptors (Lipinski definition) is 6. The normalized spacial score (nSPS) is 12.0. The average molecular weight is 682 g/mol. The van der Waals surface area contributed by atoms with Gasteiger partial charge in [-0.1, -0.05) is 89.9 Å². The van der Waals surface area contributed by atoms with Crippen molar-refractivity contribution in [2.75, 3.05) is 0 Å². The Balaban J connectivity index is 1.54. The van der Waals surface area contributed by atoms with Crippen molar-refractivity contribution in [2.24, 2.45) is 0 Å². The van der Waals surface area contributed by atoms with Crippen molar-refractivity contribution in [1.82, 2.24) is 19.8 Å². The molecule has 4 aromatic rings. The van der Waals surface area contributed by atoms with Crippen LogP contribution in [0.5, 0.6) is 0 Å². The van der Waals surface area contributed by atoms with E-state index in [1.807, 2.05) is 48.0 Å². The fourth-order valence-corrected chi connectivity index (χ4v) is 6.55. The molecular weight excluding hydrogens is 648 g/mol. The fraction of sp³-hybridized carbons (Fsp3) is 0.250. The second-order valence-corrected chi connectivity index (χ2v) is 12.9. The van der Waals surface area contributed by atoms with Crippen molar-refractivity contribution in [3.05, 3.63) is 106 Å². The minimum Gasteiger partial charge on any atom is -0.481 e. The molecule has 0 saturated carbocycles. The fourth-order valence-electron chi connectivity index (χ4n) is 4.88. The van der Waals surface area contributed by atoms with Crippen LogP contribution in [0.3, 0.4) is 0 Å². The predicted molar refractivity (Wildman–Crippen MR) is 170 cm³/mol. The van der Waals surface area contributed by atoms with E-state index in [1.54, 1.807) is 41.1 Å². The van der Waals surface area contributed by atoms with E-state index in [0.29, 0.717) is 30.5 Å². The molecule has 1 heterocycles. The Morgan fingerprint density at radius 2 is 1.68 bits per heavy atom. The van der Waals surface area contributed by atoms with Crippen molar-refractivity contribution in [1.29, 1.82) is 0 Å². The third-order valence-corrected chi connectivity index (χ3v) is 9.10. The van der Waals surface area contributed by atoms with Gasteiger partial charge in [-0.05, 0) is 47.7 Å². The molecule has 1 unspecified atom stereocenters. The molecule has 10 nitrogen and oxygen atoms in total. The number of halogens is 1. The number of sulfonamides is 1. The van der Waals surface area contributed by atoms with Crippen LogP contribution in [0, 0.1) is 0 Å². The summed E-state index contributed by atoms with van der Waals surface area (Å²) in [7, 11) is -4.04. The number of carbonyl (C=O) groups excluding carboxylic acids is 2. The summed E-state index contributed by atoms with van der Waals surface area (Å²) in [6.07, 6.45) is 1.61. The molecule has 1 aromatic heterocycles. The first kappa shape index (κ1) is 32.6. The van der Waals surface area contributed by atoms with Gasteiger partial charge in [-0.3, -0.25) is 19.1 Å². The van der Waals surface area contributed by atoms with Crippen LogP contribution in [-0.4, -0.2) is 47.1 Å². The first-order valence-electron chi connectivity index (χ1n) is 14.0. The standard InChI is InChI=1S/C32H33BrN4O6S/c1-3-8-26-19-29(32(41)34-25(18-31(39)40)17-24-9-4-6-11-28(24)33)35-37(26)20-22-13-15-23(16-14-22)27-10-5-7-12-30(27)44(42,43)36-21(2)38/h4-7,9-16,19,25H,3,8,17-18,20H2,1-2H3,(H,34,41)(H,36,38)(H,39,40). The van der Waals surface area contributed by atoms with Crippen LogP contribution < -0.4 is 10.0 Å². The Morgan fingerprint density at radius 1 is 1.00 bits per heavy atom. The SMILES string of the molecule is CCCc1cc(C(=O)NC(CC(=O)O)Cc2ccccc2Br)nn1Cc1ccc(-c2ccccc2S(=O)(=O)NC(C)=O)cc1. The van der Waals surface area contributed by atoms with Gasteiger partial charge in [0.25, 0.3) is 15.9 Å². The quantitative estimate of drug-likeness (QED) is 0.181. The number of aromatic nitrogens is 2. The molecule has 0 aliphatic rings. The number of carboxylic acids is 1. The van der Waals surface area contributed by atoms with Crippen molar-refractivity contribution in [3.8, 4) is 11.1 Å². The van der Waals surface area contributed by atoms with Gasteiger partial charge in [-0.2, -0.15) is 5.10 Å². The van der Waals surface area contributed by atoms with Crippen molar-refractivity contribution >= 4 is 43.7 Å². The molecule has 2 amide bonds. The number of nitrogens with zero attached hydrogens (tertiary/aromatic N) is 2.